The van der Waals surface area contributed by atoms with Gasteiger partial charge in [0.1, 0.15) is 12.3 Å². The van der Waals surface area contributed by atoms with Crippen molar-refractivity contribution in [3.63, 3.8) is 0 Å². The second-order valence-electron chi connectivity index (χ2n) is 6.60. The summed E-state index contributed by atoms with van der Waals surface area (Å²) in [4.78, 5) is 26.8. The lowest BCUT2D eigenvalue weighted by molar-refractivity contribution is -0.140. The van der Waals surface area contributed by atoms with Crippen LogP contribution >= 0.6 is 0 Å². The Morgan fingerprint density at radius 1 is 1.33 bits per heavy atom. The quantitative estimate of drug-likeness (QED) is 0.785. The third-order valence-electron chi connectivity index (χ3n) is 4.82. The molecule has 0 bridgehead atoms. The van der Waals surface area contributed by atoms with Gasteiger partial charge in [-0.15, -0.1) is 0 Å². The average molecular weight is 371 g/mol. The van der Waals surface area contributed by atoms with Gasteiger partial charge >= 0.3 is 5.97 Å². The normalized spacial score (nSPS) is 16.4. The number of benzene rings is 1. The standard InChI is InChI=1S/C20H25N3O4/c1-4-26-18(24)12-21-16-9-6-5-8-15(16)20(25)23-11-7-10-17(23)19-13(2)22-27-14(19)3/h5-6,8-9,17,21H,4,7,10-12H2,1-3H3/t17-/m0/s1. The van der Waals surface area contributed by atoms with E-state index in [0.717, 1.165) is 29.9 Å². The van der Waals surface area contributed by atoms with E-state index in [1.54, 1.807) is 19.1 Å². The number of ether oxygens (including phenoxy) is 1. The smallest absolute Gasteiger partial charge is 0.325 e. The molecule has 0 saturated carbocycles. The third kappa shape index (κ3) is 3.97. The van der Waals surface area contributed by atoms with Crippen LogP contribution in [0.1, 0.15) is 53.2 Å². The molecule has 0 unspecified atom stereocenters. The van der Waals surface area contributed by atoms with Crippen molar-refractivity contribution >= 4 is 17.6 Å². The Hall–Kier alpha value is -2.83. The minimum Gasteiger partial charge on any atom is -0.465 e. The van der Waals surface area contributed by atoms with Crippen LogP contribution in [0.4, 0.5) is 5.69 Å². The Labute approximate surface area is 158 Å². The van der Waals surface area contributed by atoms with E-state index in [9.17, 15) is 9.59 Å². The van der Waals surface area contributed by atoms with E-state index >= 15 is 0 Å². The van der Waals surface area contributed by atoms with Crippen molar-refractivity contribution < 1.29 is 18.8 Å². The first-order chi connectivity index (χ1) is 13.0. The van der Waals surface area contributed by atoms with Gasteiger partial charge in [0.25, 0.3) is 5.91 Å². The number of rotatable bonds is 6. The molecule has 1 atom stereocenters. The molecule has 1 N–H and O–H groups in total. The zero-order chi connectivity index (χ0) is 19.4. The maximum Gasteiger partial charge on any atom is 0.325 e. The number of anilines is 1. The summed E-state index contributed by atoms with van der Waals surface area (Å²) in [7, 11) is 0. The molecule has 3 rings (SSSR count). The molecule has 0 aliphatic carbocycles. The van der Waals surface area contributed by atoms with Gasteiger partial charge in [0.15, 0.2) is 0 Å². The number of likely N-dealkylation sites (tertiary alicyclic amines) is 1. The molecule has 27 heavy (non-hydrogen) atoms. The van der Waals surface area contributed by atoms with Gasteiger partial charge < -0.3 is 19.5 Å². The lowest BCUT2D eigenvalue weighted by Crippen LogP contribution is -2.32. The predicted molar refractivity (Wildman–Crippen MR) is 101 cm³/mol. The second kappa shape index (κ2) is 8.24. The summed E-state index contributed by atoms with van der Waals surface area (Å²) in [6.45, 7) is 6.57. The lowest BCUT2D eigenvalue weighted by atomic mass is 10.0. The van der Waals surface area contributed by atoms with Gasteiger partial charge in [-0.05, 0) is 45.7 Å². The van der Waals surface area contributed by atoms with Gasteiger partial charge in [0.05, 0.1) is 23.9 Å². The Morgan fingerprint density at radius 3 is 2.81 bits per heavy atom. The number of nitrogens with one attached hydrogen (secondary N) is 1. The molecule has 1 saturated heterocycles. The highest BCUT2D eigenvalue weighted by Gasteiger charge is 2.34. The first-order valence-electron chi connectivity index (χ1n) is 9.25. The van der Waals surface area contributed by atoms with Crippen molar-refractivity contribution in [1.82, 2.24) is 10.1 Å². The molecule has 1 amide bonds. The van der Waals surface area contributed by atoms with Crippen molar-refractivity contribution in [3.8, 4) is 0 Å². The van der Waals surface area contributed by atoms with Crippen LogP contribution in [0, 0.1) is 13.8 Å². The number of carbonyl (C=O) groups excluding carboxylic acids is 2. The van der Waals surface area contributed by atoms with Crippen LogP contribution in [0.25, 0.3) is 0 Å². The van der Waals surface area contributed by atoms with E-state index in [-0.39, 0.29) is 24.5 Å². The maximum absolute atomic E-state index is 13.3. The van der Waals surface area contributed by atoms with Crippen molar-refractivity contribution in [3.05, 3.63) is 46.8 Å². The number of esters is 1. The zero-order valence-corrected chi connectivity index (χ0v) is 15.9. The largest absolute Gasteiger partial charge is 0.465 e. The number of hydrogen-bond donors (Lipinski definition) is 1. The van der Waals surface area contributed by atoms with Crippen LogP contribution in [0.15, 0.2) is 28.8 Å². The van der Waals surface area contributed by atoms with Crippen molar-refractivity contribution in [2.75, 3.05) is 25.0 Å². The number of aryl methyl sites for hydroxylation is 2. The number of amides is 1. The van der Waals surface area contributed by atoms with Gasteiger partial charge in [-0.25, -0.2) is 0 Å². The first-order valence-corrected chi connectivity index (χ1v) is 9.25. The molecule has 0 radical (unpaired) electrons. The van der Waals surface area contributed by atoms with Gasteiger partial charge in [0.2, 0.25) is 0 Å². The van der Waals surface area contributed by atoms with E-state index in [0.29, 0.717) is 24.4 Å². The summed E-state index contributed by atoms with van der Waals surface area (Å²) in [6.07, 6.45) is 1.81. The molecule has 1 aromatic heterocycles. The highest BCUT2D eigenvalue weighted by molar-refractivity contribution is 6.00. The lowest BCUT2D eigenvalue weighted by Gasteiger charge is -2.26. The predicted octanol–water partition coefficient (Wildman–Crippen LogP) is 3.24. The number of aromatic nitrogens is 1. The van der Waals surface area contributed by atoms with Crippen LogP contribution in [-0.4, -0.2) is 41.6 Å². The summed E-state index contributed by atoms with van der Waals surface area (Å²) in [5.41, 5.74) is 2.99. The van der Waals surface area contributed by atoms with Crippen LogP contribution in [0.2, 0.25) is 0 Å². The molecule has 2 aromatic rings. The van der Waals surface area contributed by atoms with Crippen LogP contribution in [-0.2, 0) is 9.53 Å². The minimum absolute atomic E-state index is 0.0193. The number of nitrogens with zero attached hydrogens (tertiary/aromatic N) is 2. The van der Waals surface area contributed by atoms with E-state index < -0.39 is 0 Å². The summed E-state index contributed by atoms with van der Waals surface area (Å²) in [6, 6.07) is 7.19. The molecular formula is C20H25N3O4. The van der Waals surface area contributed by atoms with Crippen molar-refractivity contribution in [1.29, 1.82) is 0 Å². The van der Waals surface area contributed by atoms with Crippen LogP contribution in [0.3, 0.4) is 0 Å². The molecular weight excluding hydrogens is 346 g/mol. The van der Waals surface area contributed by atoms with Gasteiger partial charge in [0, 0.05) is 17.8 Å². The van der Waals surface area contributed by atoms with Crippen LogP contribution in [0.5, 0.6) is 0 Å². The fourth-order valence-electron chi connectivity index (χ4n) is 3.63. The van der Waals surface area contributed by atoms with E-state index in [1.807, 2.05) is 30.9 Å². The van der Waals surface area contributed by atoms with Gasteiger partial charge in [-0.3, -0.25) is 9.59 Å². The molecule has 7 heteroatoms. The van der Waals surface area contributed by atoms with Gasteiger partial charge in [-0.2, -0.15) is 0 Å². The topological polar surface area (TPSA) is 84.7 Å². The number of hydrogen-bond acceptors (Lipinski definition) is 6. The molecule has 1 aliphatic rings. The molecule has 2 heterocycles. The van der Waals surface area contributed by atoms with E-state index in [2.05, 4.69) is 10.5 Å². The zero-order valence-electron chi connectivity index (χ0n) is 15.9. The fraction of sp³-hybridized carbons (Fsp3) is 0.450. The number of carbonyl (C=O) groups is 2. The van der Waals surface area contributed by atoms with Crippen molar-refractivity contribution in [2.45, 2.75) is 39.7 Å². The molecule has 144 valence electrons. The summed E-state index contributed by atoms with van der Waals surface area (Å²) < 4.78 is 10.2. The third-order valence-corrected chi connectivity index (χ3v) is 4.82. The average Bonchev–Trinajstić information content (AvgIpc) is 3.26. The minimum atomic E-state index is -0.352. The SMILES string of the molecule is CCOC(=O)CNc1ccccc1C(=O)N1CCC[C@H]1c1c(C)noc1C. The summed E-state index contributed by atoms with van der Waals surface area (Å²) >= 11 is 0. The van der Waals surface area contributed by atoms with E-state index in [1.165, 1.54) is 0 Å². The molecule has 1 aromatic carbocycles. The molecule has 1 fully saturated rings. The Bertz CT molecular complexity index is 811. The molecule has 1 aliphatic heterocycles. The summed E-state index contributed by atoms with van der Waals surface area (Å²) in [5, 5.41) is 7.06. The second-order valence-corrected chi connectivity index (χ2v) is 6.60. The first kappa shape index (κ1) is 18.9. The Balaban J connectivity index is 1.82. The molecule has 7 nitrogen and oxygen atoms in total. The van der Waals surface area contributed by atoms with Gasteiger partial charge in [-0.1, -0.05) is 17.3 Å². The van der Waals surface area contributed by atoms with Crippen molar-refractivity contribution in [2.24, 2.45) is 0 Å². The van der Waals surface area contributed by atoms with E-state index in [4.69, 9.17) is 9.26 Å². The molecule has 0 spiro atoms. The van der Waals surface area contributed by atoms with Crippen LogP contribution < -0.4 is 5.32 Å². The highest BCUT2D eigenvalue weighted by Crippen LogP contribution is 2.37. The Kier molecular flexibility index (Phi) is 5.78. The summed E-state index contributed by atoms with van der Waals surface area (Å²) in [5.74, 6) is 0.338. The number of para-hydroxylation sites is 1. The fourth-order valence-corrected chi connectivity index (χ4v) is 3.63. The Morgan fingerprint density at radius 2 is 2.11 bits per heavy atom. The highest BCUT2D eigenvalue weighted by atomic mass is 16.5. The monoisotopic (exact) mass is 371 g/mol. The maximum atomic E-state index is 13.3.